The normalized spacial score (nSPS) is 15.6. The molecule has 10 nitrogen and oxygen atoms in total. The van der Waals surface area contributed by atoms with Gasteiger partial charge < -0.3 is 29.8 Å². The first-order valence-electron chi connectivity index (χ1n) is 17.7. The molecule has 4 rings (SSSR count). The highest BCUT2D eigenvalue weighted by Crippen LogP contribution is 2.30. The van der Waals surface area contributed by atoms with Crippen molar-refractivity contribution in [3.63, 3.8) is 0 Å². The van der Waals surface area contributed by atoms with Gasteiger partial charge in [-0.3, -0.25) is 9.59 Å². The molecule has 0 saturated carbocycles. The number of benzene rings is 2. The minimum Gasteiger partial charge on any atom is -0.478 e. The number of hydrogen-bond acceptors (Lipinski definition) is 6. The Bertz CT molecular complexity index is 1390. The van der Waals surface area contributed by atoms with Gasteiger partial charge in [0.25, 0.3) is 0 Å². The van der Waals surface area contributed by atoms with Gasteiger partial charge in [-0.2, -0.15) is 0 Å². The van der Waals surface area contributed by atoms with E-state index < -0.39 is 11.9 Å². The van der Waals surface area contributed by atoms with E-state index in [-0.39, 0.29) is 11.8 Å². The zero-order valence-corrected chi connectivity index (χ0v) is 35.2. The molecule has 0 radical (unpaired) electrons. The van der Waals surface area contributed by atoms with E-state index in [9.17, 15) is 19.2 Å². The fourth-order valence-corrected chi connectivity index (χ4v) is 6.92. The SMILES string of the molecule is CCN(C(=O)CCC1CCN(C)CC1)c1ccc(Br)c(Cl)c1.CCN(C(=O)CCC1CCN(C)CC1)c1ccc(Br)c(Cl)c1.O=C(O)/C=C/C(=O)O. The monoisotopic (exact) mass is 888 g/mol. The van der Waals surface area contributed by atoms with Crippen molar-refractivity contribution in [2.75, 3.05) is 63.2 Å². The minimum atomic E-state index is -1.26. The summed E-state index contributed by atoms with van der Waals surface area (Å²) in [5, 5.41) is 16.9. The summed E-state index contributed by atoms with van der Waals surface area (Å²) >= 11 is 19.1. The second-order valence-electron chi connectivity index (χ2n) is 13.1. The third-order valence-corrected chi connectivity index (χ3v) is 11.7. The first kappa shape index (κ1) is 45.7. The quantitative estimate of drug-likeness (QED) is 0.203. The lowest BCUT2D eigenvalue weighted by Crippen LogP contribution is -2.33. The lowest BCUT2D eigenvalue weighted by Gasteiger charge is -2.29. The number of aliphatic carboxylic acids is 2. The zero-order valence-electron chi connectivity index (χ0n) is 30.5. The molecule has 52 heavy (non-hydrogen) atoms. The molecule has 2 saturated heterocycles. The van der Waals surface area contributed by atoms with Gasteiger partial charge in [0, 0.05) is 58.4 Å². The molecular weight excluding hydrogens is 839 g/mol. The lowest BCUT2D eigenvalue weighted by atomic mass is 9.92. The summed E-state index contributed by atoms with van der Waals surface area (Å²) in [7, 11) is 4.33. The zero-order chi connectivity index (χ0) is 38.8. The van der Waals surface area contributed by atoms with E-state index in [1.807, 2.05) is 60.0 Å². The molecule has 2 amide bonds. The Kier molecular flexibility index (Phi) is 21.1. The number of carbonyl (C=O) groups is 4. The number of hydrogen-bond donors (Lipinski definition) is 2. The largest absolute Gasteiger partial charge is 0.478 e. The van der Waals surface area contributed by atoms with E-state index in [4.69, 9.17) is 33.4 Å². The summed E-state index contributed by atoms with van der Waals surface area (Å²) in [6.45, 7) is 9.95. The second kappa shape index (κ2) is 24.0. The molecule has 288 valence electrons. The average Bonchev–Trinajstić information content (AvgIpc) is 3.11. The van der Waals surface area contributed by atoms with Crippen molar-refractivity contribution in [2.45, 2.75) is 65.2 Å². The molecule has 0 aliphatic carbocycles. The Labute approximate surface area is 335 Å². The van der Waals surface area contributed by atoms with Crippen molar-refractivity contribution in [3.05, 3.63) is 67.5 Å². The first-order chi connectivity index (χ1) is 24.6. The summed E-state index contributed by atoms with van der Waals surface area (Å²) in [5.41, 5.74) is 1.76. The van der Waals surface area contributed by atoms with Crippen LogP contribution in [0.3, 0.4) is 0 Å². The van der Waals surface area contributed by atoms with E-state index in [1.54, 1.807) is 0 Å². The summed E-state index contributed by atoms with van der Waals surface area (Å²) < 4.78 is 1.71. The molecule has 0 spiro atoms. The Hall–Kier alpha value is -2.48. The molecule has 2 heterocycles. The fourth-order valence-electron chi connectivity index (χ4n) is 6.08. The maximum absolute atomic E-state index is 12.5. The van der Waals surface area contributed by atoms with Crippen LogP contribution in [0, 0.1) is 11.8 Å². The Balaban J connectivity index is 0.000000299. The molecule has 0 atom stereocenters. The summed E-state index contributed by atoms with van der Waals surface area (Å²) in [6.07, 6.45) is 9.18. The van der Waals surface area contributed by atoms with Crippen LogP contribution in [0.1, 0.15) is 65.2 Å². The van der Waals surface area contributed by atoms with Crippen LogP contribution in [0.4, 0.5) is 11.4 Å². The minimum absolute atomic E-state index is 0.194. The number of amides is 2. The fraction of sp³-hybridized carbons (Fsp3) is 0.526. The molecule has 2 aromatic rings. The van der Waals surface area contributed by atoms with Crippen molar-refractivity contribution < 1.29 is 29.4 Å². The van der Waals surface area contributed by atoms with Crippen LogP contribution in [0.25, 0.3) is 0 Å². The van der Waals surface area contributed by atoms with Gasteiger partial charge in [-0.1, -0.05) is 23.2 Å². The number of nitrogens with zero attached hydrogens (tertiary/aromatic N) is 4. The third-order valence-electron chi connectivity index (χ3n) is 9.24. The maximum atomic E-state index is 12.5. The highest BCUT2D eigenvalue weighted by atomic mass is 79.9. The summed E-state index contributed by atoms with van der Waals surface area (Å²) in [4.78, 5) is 52.6. The predicted molar refractivity (Wildman–Crippen MR) is 218 cm³/mol. The van der Waals surface area contributed by atoms with Crippen LogP contribution in [0.15, 0.2) is 57.5 Å². The number of likely N-dealkylation sites (tertiary alicyclic amines) is 2. The first-order valence-corrected chi connectivity index (χ1v) is 20.0. The van der Waals surface area contributed by atoms with Gasteiger partial charge in [-0.05, 0) is 173 Å². The number of piperidine rings is 2. The molecule has 0 aromatic heterocycles. The van der Waals surface area contributed by atoms with Gasteiger partial charge >= 0.3 is 11.9 Å². The number of halogens is 4. The standard InChI is InChI=1S/2C17H24BrClN2O.C4H4O4/c2*1-3-21(14-5-6-15(18)16(19)12-14)17(22)7-4-13-8-10-20(2)11-9-13;5-3(6)1-2-4(7)8/h2*5-6,12-13H,3-4,7-11H2,1-2H3;1-2H,(H,5,6)(H,7,8)/b;;2-1+. The molecule has 0 unspecified atom stereocenters. The topological polar surface area (TPSA) is 122 Å². The van der Waals surface area contributed by atoms with Crippen LogP contribution < -0.4 is 9.80 Å². The van der Waals surface area contributed by atoms with Crippen molar-refractivity contribution in [1.29, 1.82) is 0 Å². The predicted octanol–water partition coefficient (Wildman–Crippen LogP) is 8.87. The number of carbonyl (C=O) groups excluding carboxylic acids is 2. The molecule has 0 bridgehead atoms. The third kappa shape index (κ3) is 16.7. The molecular formula is C38H52Br2Cl2N4O6. The Morgan fingerprint density at radius 1 is 0.692 bits per heavy atom. The van der Waals surface area contributed by atoms with E-state index in [0.717, 1.165) is 59.3 Å². The van der Waals surface area contributed by atoms with E-state index >= 15 is 0 Å². The molecule has 14 heteroatoms. The van der Waals surface area contributed by atoms with Gasteiger partial charge in [0.15, 0.2) is 0 Å². The number of carboxylic acids is 2. The van der Waals surface area contributed by atoms with Crippen LogP contribution in [0.2, 0.25) is 10.0 Å². The highest BCUT2D eigenvalue weighted by molar-refractivity contribution is 9.10. The number of rotatable bonds is 12. The number of anilines is 2. The molecule has 2 N–H and O–H groups in total. The van der Waals surface area contributed by atoms with Crippen LogP contribution in [-0.2, 0) is 19.2 Å². The van der Waals surface area contributed by atoms with Crippen molar-refractivity contribution in [2.24, 2.45) is 11.8 Å². The van der Waals surface area contributed by atoms with Crippen molar-refractivity contribution >= 4 is 90.2 Å². The molecule has 2 aromatic carbocycles. The highest BCUT2D eigenvalue weighted by Gasteiger charge is 2.22. The van der Waals surface area contributed by atoms with Gasteiger partial charge in [-0.15, -0.1) is 0 Å². The van der Waals surface area contributed by atoms with E-state index in [2.05, 4.69) is 55.8 Å². The summed E-state index contributed by atoms with van der Waals surface area (Å²) in [5.74, 6) is -0.751. The average molecular weight is 892 g/mol. The van der Waals surface area contributed by atoms with Gasteiger partial charge in [0.1, 0.15) is 0 Å². The van der Waals surface area contributed by atoms with Crippen LogP contribution in [0.5, 0.6) is 0 Å². The van der Waals surface area contributed by atoms with Crippen molar-refractivity contribution in [1.82, 2.24) is 9.80 Å². The lowest BCUT2D eigenvalue weighted by molar-refractivity contribution is -0.134. The van der Waals surface area contributed by atoms with Crippen LogP contribution >= 0.6 is 55.1 Å². The van der Waals surface area contributed by atoms with Gasteiger partial charge in [-0.25, -0.2) is 9.59 Å². The smallest absolute Gasteiger partial charge is 0.328 e. The molecule has 2 fully saturated rings. The number of carboxylic acid groups (broad SMARTS) is 2. The van der Waals surface area contributed by atoms with Crippen LogP contribution in [-0.4, -0.2) is 97.1 Å². The molecule has 2 aliphatic rings. The summed E-state index contributed by atoms with van der Waals surface area (Å²) in [6, 6.07) is 11.4. The van der Waals surface area contributed by atoms with Gasteiger partial charge in [0.05, 0.1) is 10.0 Å². The van der Waals surface area contributed by atoms with E-state index in [1.165, 1.54) is 25.7 Å². The van der Waals surface area contributed by atoms with E-state index in [0.29, 0.717) is 60.0 Å². The molecule has 2 aliphatic heterocycles. The second-order valence-corrected chi connectivity index (χ2v) is 15.6. The maximum Gasteiger partial charge on any atom is 0.328 e. The van der Waals surface area contributed by atoms with Crippen molar-refractivity contribution in [3.8, 4) is 0 Å². The Morgan fingerprint density at radius 3 is 1.29 bits per heavy atom. The van der Waals surface area contributed by atoms with Gasteiger partial charge in [0.2, 0.25) is 11.8 Å². The Morgan fingerprint density at radius 2 is 1.02 bits per heavy atom.